The second-order valence-corrected chi connectivity index (χ2v) is 5.66. The zero-order valence-electron chi connectivity index (χ0n) is 14.4. The largest absolute Gasteiger partial charge is 0.467 e. The van der Waals surface area contributed by atoms with Gasteiger partial charge < -0.3 is 14.1 Å². The molecule has 0 atom stereocenters. The Labute approximate surface area is 142 Å². The highest BCUT2D eigenvalue weighted by atomic mass is 16.5. The number of benzene rings is 1. The van der Waals surface area contributed by atoms with E-state index in [1.165, 1.54) is 0 Å². The molecule has 0 fully saturated rings. The topological polar surface area (TPSA) is 59.8 Å². The number of ether oxygens (including phenoxy) is 1. The van der Waals surface area contributed by atoms with Gasteiger partial charge in [-0.05, 0) is 56.2 Å². The van der Waals surface area contributed by atoms with Crippen molar-refractivity contribution in [3.63, 3.8) is 0 Å². The Kier molecular flexibility index (Phi) is 6.18. The molecule has 0 spiro atoms. The third kappa shape index (κ3) is 4.72. The fourth-order valence-electron chi connectivity index (χ4n) is 2.36. The number of amides is 1. The van der Waals surface area contributed by atoms with Crippen LogP contribution in [0.4, 0.5) is 0 Å². The molecule has 0 radical (unpaired) electrons. The summed E-state index contributed by atoms with van der Waals surface area (Å²) in [6, 6.07) is 9.20. The zero-order valence-corrected chi connectivity index (χ0v) is 14.4. The van der Waals surface area contributed by atoms with E-state index < -0.39 is 0 Å². The summed E-state index contributed by atoms with van der Waals surface area (Å²) in [6.45, 7) is 6.68. The highest BCUT2D eigenvalue weighted by molar-refractivity contribution is 5.94. The SMILES string of the molecule is CCOC(=O)CCN(Cc1ccco1)C(=O)c1ccc(C)c(C)c1. The van der Waals surface area contributed by atoms with E-state index >= 15 is 0 Å². The van der Waals surface area contributed by atoms with E-state index in [1.807, 2.05) is 38.1 Å². The number of aryl methyl sites for hydroxylation is 2. The lowest BCUT2D eigenvalue weighted by Gasteiger charge is -2.22. The number of hydrogen-bond acceptors (Lipinski definition) is 4. The van der Waals surface area contributed by atoms with Gasteiger partial charge in [0.05, 0.1) is 25.8 Å². The number of hydrogen-bond donors (Lipinski definition) is 0. The minimum atomic E-state index is -0.310. The van der Waals surface area contributed by atoms with Gasteiger partial charge in [0.15, 0.2) is 0 Å². The first kappa shape index (κ1) is 17.8. The summed E-state index contributed by atoms with van der Waals surface area (Å²) in [7, 11) is 0. The molecule has 2 aromatic rings. The molecule has 1 amide bonds. The van der Waals surface area contributed by atoms with Crippen LogP contribution in [0, 0.1) is 13.8 Å². The molecule has 0 unspecified atom stereocenters. The monoisotopic (exact) mass is 329 g/mol. The number of carbonyl (C=O) groups is 2. The Morgan fingerprint density at radius 1 is 1.17 bits per heavy atom. The summed E-state index contributed by atoms with van der Waals surface area (Å²) in [6.07, 6.45) is 1.73. The van der Waals surface area contributed by atoms with E-state index in [4.69, 9.17) is 9.15 Å². The van der Waals surface area contributed by atoms with E-state index in [9.17, 15) is 9.59 Å². The Morgan fingerprint density at radius 3 is 2.58 bits per heavy atom. The molecule has 1 heterocycles. The molecule has 0 aliphatic carbocycles. The van der Waals surface area contributed by atoms with Crippen molar-refractivity contribution in [2.75, 3.05) is 13.2 Å². The predicted octanol–water partition coefficient (Wildman–Crippen LogP) is 3.49. The van der Waals surface area contributed by atoms with Crippen LogP contribution >= 0.6 is 0 Å². The molecule has 24 heavy (non-hydrogen) atoms. The van der Waals surface area contributed by atoms with E-state index in [-0.39, 0.29) is 24.8 Å². The van der Waals surface area contributed by atoms with Crippen LogP contribution in [0.2, 0.25) is 0 Å². The van der Waals surface area contributed by atoms with Gasteiger partial charge in [0.1, 0.15) is 5.76 Å². The Morgan fingerprint density at radius 2 is 1.96 bits per heavy atom. The Bertz CT molecular complexity index is 691. The van der Waals surface area contributed by atoms with E-state index in [0.717, 1.165) is 11.1 Å². The Hall–Kier alpha value is -2.56. The average molecular weight is 329 g/mol. The highest BCUT2D eigenvalue weighted by Crippen LogP contribution is 2.15. The summed E-state index contributed by atoms with van der Waals surface area (Å²) in [5.41, 5.74) is 2.80. The number of carbonyl (C=O) groups excluding carboxylic acids is 2. The molecule has 1 aromatic carbocycles. The fraction of sp³-hybridized carbons (Fsp3) is 0.368. The smallest absolute Gasteiger partial charge is 0.307 e. The predicted molar refractivity (Wildman–Crippen MR) is 90.6 cm³/mol. The lowest BCUT2D eigenvalue weighted by atomic mass is 10.1. The minimum Gasteiger partial charge on any atom is -0.467 e. The van der Waals surface area contributed by atoms with Crippen molar-refractivity contribution in [2.45, 2.75) is 33.7 Å². The average Bonchev–Trinajstić information content (AvgIpc) is 3.06. The molecule has 1 aromatic heterocycles. The third-order valence-electron chi connectivity index (χ3n) is 3.86. The highest BCUT2D eigenvalue weighted by Gasteiger charge is 2.19. The molecule has 0 saturated heterocycles. The van der Waals surface area contributed by atoms with Crippen molar-refractivity contribution >= 4 is 11.9 Å². The first-order valence-electron chi connectivity index (χ1n) is 8.05. The molecule has 2 rings (SSSR count). The first-order chi connectivity index (χ1) is 11.5. The standard InChI is InChI=1S/C19H23NO4/c1-4-23-18(21)9-10-20(13-17-6-5-11-24-17)19(22)16-8-7-14(2)15(3)12-16/h5-8,11-12H,4,9-10,13H2,1-3H3. The number of nitrogens with zero attached hydrogens (tertiary/aromatic N) is 1. The molecule has 0 saturated carbocycles. The van der Waals surface area contributed by atoms with Crippen LogP contribution < -0.4 is 0 Å². The van der Waals surface area contributed by atoms with Crippen molar-refractivity contribution in [1.82, 2.24) is 4.90 Å². The van der Waals surface area contributed by atoms with Crippen molar-refractivity contribution in [1.29, 1.82) is 0 Å². The van der Waals surface area contributed by atoms with Crippen molar-refractivity contribution in [3.05, 3.63) is 59.0 Å². The molecular formula is C19H23NO4. The van der Waals surface area contributed by atoms with Crippen molar-refractivity contribution < 1.29 is 18.7 Å². The summed E-state index contributed by atoms with van der Waals surface area (Å²) in [5.74, 6) is 0.240. The lowest BCUT2D eigenvalue weighted by molar-refractivity contribution is -0.143. The van der Waals surface area contributed by atoms with E-state index in [0.29, 0.717) is 24.5 Å². The zero-order chi connectivity index (χ0) is 17.5. The fourth-order valence-corrected chi connectivity index (χ4v) is 2.36. The number of furan rings is 1. The summed E-state index contributed by atoms with van der Waals surface area (Å²) < 4.78 is 10.3. The maximum absolute atomic E-state index is 12.8. The molecule has 0 bridgehead atoms. The van der Waals surface area contributed by atoms with Gasteiger partial charge in [-0.3, -0.25) is 9.59 Å². The van der Waals surface area contributed by atoms with Crippen LogP contribution in [0.3, 0.4) is 0 Å². The second-order valence-electron chi connectivity index (χ2n) is 5.66. The first-order valence-corrected chi connectivity index (χ1v) is 8.05. The van der Waals surface area contributed by atoms with Crippen LogP contribution in [0.1, 0.15) is 40.6 Å². The van der Waals surface area contributed by atoms with Crippen molar-refractivity contribution in [3.8, 4) is 0 Å². The van der Waals surface area contributed by atoms with Crippen LogP contribution in [-0.2, 0) is 16.1 Å². The third-order valence-corrected chi connectivity index (χ3v) is 3.86. The Balaban J connectivity index is 2.15. The summed E-state index contributed by atoms with van der Waals surface area (Å²) in [5, 5.41) is 0. The molecule has 128 valence electrons. The maximum Gasteiger partial charge on any atom is 0.307 e. The quantitative estimate of drug-likeness (QED) is 0.730. The van der Waals surface area contributed by atoms with Gasteiger partial charge in [-0.2, -0.15) is 0 Å². The van der Waals surface area contributed by atoms with Crippen LogP contribution in [-0.4, -0.2) is 29.9 Å². The summed E-state index contributed by atoms with van der Waals surface area (Å²) >= 11 is 0. The van der Waals surface area contributed by atoms with Gasteiger partial charge in [-0.1, -0.05) is 6.07 Å². The molecule has 0 aliphatic rings. The minimum absolute atomic E-state index is 0.126. The number of esters is 1. The van der Waals surface area contributed by atoms with Gasteiger partial charge in [0.25, 0.3) is 5.91 Å². The molecule has 5 nitrogen and oxygen atoms in total. The van der Waals surface area contributed by atoms with Gasteiger partial charge in [-0.15, -0.1) is 0 Å². The maximum atomic E-state index is 12.8. The molecule has 0 N–H and O–H groups in total. The second kappa shape index (κ2) is 8.34. The van der Waals surface area contributed by atoms with Crippen LogP contribution in [0.25, 0.3) is 0 Å². The lowest BCUT2D eigenvalue weighted by Crippen LogP contribution is -2.32. The van der Waals surface area contributed by atoms with Gasteiger partial charge in [0.2, 0.25) is 0 Å². The molecular weight excluding hydrogens is 306 g/mol. The van der Waals surface area contributed by atoms with Gasteiger partial charge >= 0.3 is 5.97 Å². The van der Waals surface area contributed by atoms with Crippen molar-refractivity contribution in [2.24, 2.45) is 0 Å². The van der Waals surface area contributed by atoms with Gasteiger partial charge in [-0.25, -0.2) is 0 Å². The van der Waals surface area contributed by atoms with Gasteiger partial charge in [0, 0.05) is 12.1 Å². The normalized spacial score (nSPS) is 10.5. The summed E-state index contributed by atoms with van der Waals surface area (Å²) in [4.78, 5) is 26.1. The molecule has 5 heteroatoms. The van der Waals surface area contributed by atoms with E-state index in [1.54, 1.807) is 24.2 Å². The van der Waals surface area contributed by atoms with E-state index in [2.05, 4.69) is 0 Å². The van der Waals surface area contributed by atoms with Crippen LogP contribution in [0.15, 0.2) is 41.0 Å². The number of rotatable bonds is 7. The van der Waals surface area contributed by atoms with Crippen LogP contribution in [0.5, 0.6) is 0 Å². The molecule has 0 aliphatic heterocycles.